The van der Waals surface area contributed by atoms with E-state index in [1.54, 1.807) is 36.4 Å². The number of nitrogens with zero attached hydrogens (tertiary/aromatic N) is 2. The number of anilines is 2. The highest BCUT2D eigenvalue weighted by Gasteiger charge is 2.36. The topological polar surface area (TPSA) is 100 Å². The molecule has 0 aliphatic carbocycles. The molecule has 2 amide bonds. The summed E-state index contributed by atoms with van der Waals surface area (Å²) in [6.45, 7) is 4.63. The van der Waals surface area contributed by atoms with Gasteiger partial charge in [-0.2, -0.15) is 0 Å². The first-order valence-electron chi connectivity index (χ1n) is 11.1. The summed E-state index contributed by atoms with van der Waals surface area (Å²) in [5.41, 5.74) is 8.67. The summed E-state index contributed by atoms with van der Waals surface area (Å²) in [4.78, 5) is 31.8. The zero-order valence-corrected chi connectivity index (χ0v) is 18.8. The van der Waals surface area contributed by atoms with Crippen molar-refractivity contribution in [3.05, 3.63) is 89.7 Å². The third-order valence-corrected chi connectivity index (χ3v) is 6.22. The molecular formula is C26H29N5O2. The normalized spacial score (nSPS) is 18.1. The Bertz CT molecular complexity index is 1120. The molecule has 1 fully saturated rings. The summed E-state index contributed by atoms with van der Waals surface area (Å²) in [6.07, 6.45) is 3.56. The van der Waals surface area contributed by atoms with Gasteiger partial charge in [0.1, 0.15) is 5.69 Å². The number of carbonyl (C=O) groups is 2. The molecule has 7 nitrogen and oxygen atoms in total. The van der Waals surface area contributed by atoms with Gasteiger partial charge in [0.25, 0.3) is 11.8 Å². The van der Waals surface area contributed by atoms with E-state index < -0.39 is 0 Å². The molecular weight excluding hydrogens is 414 g/mol. The van der Waals surface area contributed by atoms with Crippen LogP contribution >= 0.6 is 0 Å². The number of hydrogen-bond donors (Lipinski definition) is 3. The van der Waals surface area contributed by atoms with Crippen molar-refractivity contribution < 1.29 is 9.59 Å². The van der Waals surface area contributed by atoms with Crippen molar-refractivity contribution >= 4 is 23.2 Å². The van der Waals surface area contributed by atoms with Crippen LogP contribution in [-0.2, 0) is 6.54 Å². The number of likely N-dealkylation sites (tertiary alicyclic amines) is 1. The quantitative estimate of drug-likeness (QED) is 0.484. The molecule has 1 atom stereocenters. The predicted octanol–water partition coefficient (Wildman–Crippen LogP) is 3.70. The molecule has 1 aliphatic heterocycles. The lowest BCUT2D eigenvalue weighted by Gasteiger charge is -2.35. The van der Waals surface area contributed by atoms with Crippen LogP contribution in [-0.4, -0.2) is 40.3 Å². The Kier molecular flexibility index (Phi) is 6.70. The molecule has 0 bridgehead atoms. The minimum absolute atomic E-state index is 0.103. The number of rotatable bonds is 7. The van der Waals surface area contributed by atoms with Gasteiger partial charge in [0, 0.05) is 24.8 Å². The van der Waals surface area contributed by atoms with Gasteiger partial charge < -0.3 is 16.4 Å². The Morgan fingerprint density at radius 2 is 1.79 bits per heavy atom. The molecule has 4 rings (SSSR count). The van der Waals surface area contributed by atoms with Crippen LogP contribution in [0.5, 0.6) is 0 Å². The number of hydrogen-bond acceptors (Lipinski definition) is 5. The molecule has 33 heavy (non-hydrogen) atoms. The number of amides is 2. The Balaban J connectivity index is 1.34. The zero-order chi connectivity index (χ0) is 23.3. The van der Waals surface area contributed by atoms with Gasteiger partial charge in [-0.15, -0.1) is 0 Å². The molecule has 7 heteroatoms. The van der Waals surface area contributed by atoms with Crippen LogP contribution in [0.2, 0.25) is 0 Å². The Hall–Kier alpha value is -3.71. The maximum atomic E-state index is 12.7. The van der Waals surface area contributed by atoms with Gasteiger partial charge in [0.2, 0.25) is 0 Å². The first-order chi connectivity index (χ1) is 15.9. The molecule has 3 aromatic rings. The summed E-state index contributed by atoms with van der Waals surface area (Å²) >= 11 is 0. The van der Waals surface area contributed by atoms with Crippen LogP contribution in [0.15, 0.2) is 72.9 Å². The lowest BCUT2D eigenvalue weighted by molar-refractivity contribution is 0.0896. The summed E-state index contributed by atoms with van der Waals surface area (Å²) in [6, 6.07) is 20.6. The lowest BCUT2D eigenvalue weighted by Crippen LogP contribution is -2.49. The van der Waals surface area contributed by atoms with Gasteiger partial charge >= 0.3 is 0 Å². The highest BCUT2D eigenvalue weighted by atomic mass is 16.2. The molecule has 0 radical (unpaired) electrons. The fourth-order valence-corrected chi connectivity index (χ4v) is 4.19. The molecule has 170 valence electrons. The number of aromatic nitrogens is 1. The predicted molar refractivity (Wildman–Crippen MR) is 130 cm³/mol. The highest BCUT2D eigenvalue weighted by Crippen LogP contribution is 2.30. The smallest absolute Gasteiger partial charge is 0.274 e. The van der Waals surface area contributed by atoms with Crippen LogP contribution in [0, 0.1) is 0 Å². The second-order valence-corrected chi connectivity index (χ2v) is 8.66. The molecule has 0 spiro atoms. The fraction of sp³-hybridized carbons (Fsp3) is 0.269. The monoisotopic (exact) mass is 443 g/mol. The number of nitrogens with one attached hydrogen (secondary N) is 2. The number of para-hydroxylation sites is 2. The summed E-state index contributed by atoms with van der Waals surface area (Å²) in [5.74, 6) is -0.579. The number of benzene rings is 2. The van der Waals surface area contributed by atoms with Crippen LogP contribution in [0.4, 0.5) is 11.4 Å². The first-order valence-corrected chi connectivity index (χ1v) is 11.1. The van der Waals surface area contributed by atoms with Gasteiger partial charge in [-0.25, -0.2) is 0 Å². The molecule has 1 unspecified atom stereocenters. The summed E-state index contributed by atoms with van der Waals surface area (Å²) < 4.78 is 0. The van der Waals surface area contributed by atoms with E-state index in [-0.39, 0.29) is 23.0 Å². The third kappa shape index (κ3) is 5.38. The van der Waals surface area contributed by atoms with Crippen LogP contribution in [0.3, 0.4) is 0 Å². The molecule has 2 aromatic carbocycles. The van der Waals surface area contributed by atoms with E-state index in [0.29, 0.717) is 23.5 Å². The van der Waals surface area contributed by atoms with Crippen molar-refractivity contribution in [2.45, 2.75) is 31.8 Å². The second-order valence-electron chi connectivity index (χ2n) is 8.66. The molecule has 0 saturated carbocycles. The molecule has 1 saturated heterocycles. The van der Waals surface area contributed by atoms with E-state index in [1.807, 2.05) is 6.07 Å². The minimum atomic E-state index is -0.380. The first kappa shape index (κ1) is 22.5. The number of nitrogens with two attached hydrogens (primary N) is 1. The van der Waals surface area contributed by atoms with Gasteiger partial charge in [0.15, 0.2) is 0 Å². The molecule has 4 N–H and O–H groups in total. The van der Waals surface area contributed by atoms with Crippen molar-refractivity contribution in [1.29, 1.82) is 0 Å². The van der Waals surface area contributed by atoms with E-state index in [9.17, 15) is 9.59 Å². The van der Waals surface area contributed by atoms with Crippen molar-refractivity contribution in [1.82, 2.24) is 15.2 Å². The average molecular weight is 444 g/mol. The molecule has 1 aromatic heterocycles. The maximum absolute atomic E-state index is 12.7. The van der Waals surface area contributed by atoms with Crippen molar-refractivity contribution in [3.8, 4) is 0 Å². The van der Waals surface area contributed by atoms with Crippen molar-refractivity contribution in [3.63, 3.8) is 0 Å². The van der Waals surface area contributed by atoms with E-state index in [0.717, 1.165) is 25.9 Å². The third-order valence-electron chi connectivity index (χ3n) is 6.22. The molecule has 2 heterocycles. The van der Waals surface area contributed by atoms with Gasteiger partial charge in [-0.3, -0.25) is 19.5 Å². The van der Waals surface area contributed by atoms with E-state index >= 15 is 0 Å². The van der Waals surface area contributed by atoms with Gasteiger partial charge in [0.05, 0.1) is 16.9 Å². The Labute approximate surface area is 194 Å². The van der Waals surface area contributed by atoms with Gasteiger partial charge in [-0.05, 0) is 56.1 Å². The van der Waals surface area contributed by atoms with Crippen molar-refractivity contribution in [2.75, 3.05) is 24.1 Å². The number of carbonyl (C=O) groups excluding carboxylic acids is 2. The SMILES string of the molecule is CC1(CNC(=O)c2ccc(C(=O)Nc3ccccc3N)nc2)CCCN1Cc1ccccc1. The van der Waals surface area contributed by atoms with Crippen LogP contribution in [0.1, 0.15) is 46.2 Å². The van der Waals surface area contributed by atoms with Gasteiger partial charge in [-0.1, -0.05) is 42.5 Å². The van der Waals surface area contributed by atoms with E-state index in [4.69, 9.17) is 5.73 Å². The van der Waals surface area contributed by atoms with Crippen LogP contribution < -0.4 is 16.4 Å². The Morgan fingerprint density at radius 1 is 1.03 bits per heavy atom. The molecule has 1 aliphatic rings. The summed E-state index contributed by atoms with van der Waals surface area (Å²) in [7, 11) is 0. The van der Waals surface area contributed by atoms with Crippen LogP contribution in [0.25, 0.3) is 0 Å². The number of pyridine rings is 1. The van der Waals surface area contributed by atoms with E-state index in [2.05, 4.69) is 51.7 Å². The van der Waals surface area contributed by atoms with E-state index in [1.165, 1.54) is 11.8 Å². The number of nitrogen functional groups attached to an aromatic ring is 1. The zero-order valence-electron chi connectivity index (χ0n) is 18.8. The minimum Gasteiger partial charge on any atom is -0.397 e. The average Bonchev–Trinajstić information content (AvgIpc) is 3.20. The summed E-state index contributed by atoms with van der Waals surface area (Å²) in [5, 5.41) is 5.79. The Morgan fingerprint density at radius 3 is 2.52 bits per heavy atom. The standard InChI is InChI=1S/C26H29N5O2/c1-26(14-7-15-31(26)17-19-8-3-2-4-9-19)18-29-24(32)20-12-13-23(28-16-20)25(33)30-22-11-6-5-10-21(22)27/h2-6,8-13,16H,7,14-15,17-18,27H2,1H3,(H,29,32)(H,30,33). The maximum Gasteiger partial charge on any atom is 0.274 e. The largest absolute Gasteiger partial charge is 0.397 e. The fourth-order valence-electron chi connectivity index (χ4n) is 4.19. The second kappa shape index (κ2) is 9.83. The highest BCUT2D eigenvalue weighted by molar-refractivity contribution is 6.04. The van der Waals surface area contributed by atoms with Crippen molar-refractivity contribution in [2.24, 2.45) is 0 Å². The lowest BCUT2D eigenvalue weighted by atomic mass is 9.98.